The Morgan fingerprint density at radius 3 is 2.92 bits per heavy atom. The summed E-state index contributed by atoms with van der Waals surface area (Å²) in [5, 5.41) is 0. The van der Waals surface area contributed by atoms with Gasteiger partial charge >= 0.3 is 5.97 Å². The van der Waals surface area contributed by atoms with Crippen molar-refractivity contribution in [3.05, 3.63) is 12.7 Å². The number of allylic oxidation sites excluding steroid dienone is 1. The molecule has 0 aliphatic rings. The van der Waals surface area contributed by atoms with Gasteiger partial charge in [0.1, 0.15) is 0 Å². The van der Waals surface area contributed by atoms with Gasteiger partial charge in [-0.25, -0.2) is 0 Å². The number of rotatable bonds is 5. The van der Waals surface area contributed by atoms with Crippen molar-refractivity contribution >= 4 is 5.97 Å². The smallest absolute Gasteiger partial charge is 0.306 e. The molecule has 0 fully saturated rings. The van der Waals surface area contributed by atoms with E-state index < -0.39 is 0 Å². The molecule has 0 aromatic carbocycles. The van der Waals surface area contributed by atoms with Gasteiger partial charge in [-0.1, -0.05) is 18.9 Å². The maximum Gasteiger partial charge on any atom is 0.306 e. The van der Waals surface area contributed by atoms with E-state index in [1.165, 1.54) is 0 Å². The summed E-state index contributed by atoms with van der Waals surface area (Å²) in [4.78, 5) is 10.9. The minimum atomic E-state index is -0.158. The van der Waals surface area contributed by atoms with Crippen LogP contribution < -0.4 is 0 Å². The second kappa shape index (κ2) is 8.86. The molecule has 72 valence electrons. The normalized spacial score (nSPS) is 8.38. The predicted octanol–water partition coefficient (Wildman–Crippen LogP) is 2.30. The molecule has 0 N–H and O–H groups in total. The van der Waals surface area contributed by atoms with Crippen molar-refractivity contribution in [3.8, 4) is 11.8 Å². The molecule has 0 aromatic rings. The molecule has 0 aliphatic carbocycles. The summed E-state index contributed by atoms with van der Waals surface area (Å²) in [6, 6.07) is 0. The number of esters is 1. The Morgan fingerprint density at radius 1 is 1.54 bits per heavy atom. The molecular formula is C11H16O2. The lowest BCUT2D eigenvalue weighted by atomic mass is 10.3. The fourth-order valence-electron chi connectivity index (χ4n) is 0.685. The Kier molecular flexibility index (Phi) is 8.02. The van der Waals surface area contributed by atoms with Gasteiger partial charge in [0.15, 0.2) is 0 Å². The van der Waals surface area contributed by atoms with E-state index in [2.05, 4.69) is 18.4 Å². The van der Waals surface area contributed by atoms with Gasteiger partial charge in [-0.2, -0.15) is 0 Å². The third-order valence-corrected chi connectivity index (χ3v) is 1.29. The lowest BCUT2D eigenvalue weighted by Gasteiger charge is -1.99. The highest BCUT2D eigenvalue weighted by atomic mass is 16.5. The average Bonchev–Trinajstić information content (AvgIpc) is 2.14. The topological polar surface area (TPSA) is 26.3 Å². The van der Waals surface area contributed by atoms with E-state index in [0.717, 1.165) is 6.42 Å². The van der Waals surface area contributed by atoms with Crippen LogP contribution in [0.1, 0.15) is 32.6 Å². The van der Waals surface area contributed by atoms with E-state index >= 15 is 0 Å². The molecule has 0 aromatic heterocycles. The van der Waals surface area contributed by atoms with Gasteiger partial charge in [-0.05, 0) is 6.42 Å². The highest BCUT2D eigenvalue weighted by Crippen LogP contribution is 1.92. The molecule has 0 amide bonds. The Balaban J connectivity index is 3.37. The molecule has 0 radical (unpaired) electrons. The maximum absolute atomic E-state index is 10.9. The summed E-state index contributed by atoms with van der Waals surface area (Å²) in [6.07, 6.45) is 4.26. The van der Waals surface area contributed by atoms with Crippen LogP contribution >= 0.6 is 0 Å². The monoisotopic (exact) mass is 180 g/mol. The van der Waals surface area contributed by atoms with E-state index in [4.69, 9.17) is 4.74 Å². The van der Waals surface area contributed by atoms with Gasteiger partial charge in [0.2, 0.25) is 0 Å². The Labute approximate surface area is 80.0 Å². The summed E-state index contributed by atoms with van der Waals surface area (Å²) in [6.45, 7) is 6.02. The molecule has 2 nitrogen and oxygen atoms in total. The molecule has 13 heavy (non-hydrogen) atoms. The highest BCUT2D eigenvalue weighted by molar-refractivity contribution is 5.69. The molecule has 0 bridgehead atoms. The second-order valence-electron chi connectivity index (χ2n) is 2.57. The standard InChI is InChI=1S/C11H16O2/c1-3-5-6-7-8-9-11(12)13-10-4-2/h3H,1,4-5,8-10H2,2H3. The Hall–Kier alpha value is -1.23. The van der Waals surface area contributed by atoms with Crippen molar-refractivity contribution in [2.75, 3.05) is 6.61 Å². The van der Waals surface area contributed by atoms with Crippen LogP contribution in [0, 0.1) is 11.8 Å². The van der Waals surface area contributed by atoms with Crippen molar-refractivity contribution in [1.82, 2.24) is 0 Å². The second-order valence-corrected chi connectivity index (χ2v) is 2.57. The van der Waals surface area contributed by atoms with E-state index in [-0.39, 0.29) is 5.97 Å². The number of hydrogen-bond donors (Lipinski definition) is 0. The number of hydrogen-bond acceptors (Lipinski definition) is 2. The summed E-state index contributed by atoms with van der Waals surface area (Å²) >= 11 is 0. The lowest BCUT2D eigenvalue weighted by molar-refractivity contribution is -0.143. The van der Waals surface area contributed by atoms with Gasteiger partial charge < -0.3 is 4.74 Å². The van der Waals surface area contributed by atoms with Crippen LogP contribution in [0.3, 0.4) is 0 Å². The molecule has 0 atom stereocenters. The molecule has 0 aliphatic heterocycles. The maximum atomic E-state index is 10.9. The van der Waals surface area contributed by atoms with Crippen molar-refractivity contribution < 1.29 is 9.53 Å². The van der Waals surface area contributed by atoms with Crippen molar-refractivity contribution in [3.63, 3.8) is 0 Å². The SMILES string of the molecule is C=CCC#CCCC(=O)OCCC. The summed E-state index contributed by atoms with van der Waals surface area (Å²) in [5.41, 5.74) is 0. The van der Waals surface area contributed by atoms with Gasteiger partial charge in [0.25, 0.3) is 0 Å². The van der Waals surface area contributed by atoms with Crippen molar-refractivity contribution in [2.24, 2.45) is 0 Å². The van der Waals surface area contributed by atoms with Crippen LogP contribution in [-0.4, -0.2) is 12.6 Å². The fraction of sp³-hybridized carbons (Fsp3) is 0.545. The zero-order valence-electron chi connectivity index (χ0n) is 8.14. The van der Waals surface area contributed by atoms with E-state index in [1.807, 2.05) is 6.92 Å². The first-order valence-corrected chi connectivity index (χ1v) is 4.53. The molecule has 0 spiro atoms. The molecule has 0 saturated carbocycles. The van der Waals surface area contributed by atoms with Gasteiger partial charge in [0.05, 0.1) is 13.0 Å². The Bertz CT molecular complexity index is 208. The number of carbonyl (C=O) groups excluding carboxylic acids is 1. The molecular weight excluding hydrogens is 164 g/mol. The summed E-state index contributed by atoms with van der Waals surface area (Å²) in [5.74, 6) is 5.58. The zero-order chi connectivity index (χ0) is 9.94. The summed E-state index contributed by atoms with van der Waals surface area (Å²) in [7, 11) is 0. The van der Waals surface area contributed by atoms with Crippen LogP contribution in [0.25, 0.3) is 0 Å². The first kappa shape index (κ1) is 11.8. The van der Waals surface area contributed by atoms with Gasteiger partial charge in [-0.3, -0.25) is 4.79 Å². The zero-order valence-corrected chi connectivity index (χ0v) is 8.14. The van der Waals surface area contributed by atoms with Crippen LogP contribution in [0.15, 0.2) is 12.7 Å². The van der Waals surface area contributed by atoms with E-state index in [1.54, 1.807) is 6.08 Å². The van der Waals surface area contributed by atoms with Crippen LogP contribution in [-0.2, 0) is 9.53 Å². The number of carbonyl (C=O) groups is 1. The van der Waals surface area contributed by atoms with Crippen molar-refractivity contribution in [2.45, 2.75) is 32.6 Å². The van der Waals surface area contributed by atoms with Gasteiger partial charge in [0, 0.05) is 12.8 Å². The highest BCUT2D eigenvalue weighted by Gasteiger charge is 1.98. The molecule has 0 rings (SSSR count). The number of ether oxygens (including phenoxy) is 1. The van der Waals surface area contributed by atoms with Crippen molar-refractivity contribution in [1.29, 1.82) is 0 Å². The predicted molar refractivity (Wildman–Crippen MR) is 53.1 cm³/mol. The van der Waals surface area contributed by atoms with Crippen LogP contribution in [0.2, 0.25) is 0 Å². The molecule has 0 unspecified atom stereocenters. The first-order valence-electron chi connectivity index (χ1n) is 4.53. The fourth-order valence-corrected chi connectivity index (χ4v) is 0.685. The molecule has 2 heteroatoms. The lowest BCUT2D eigenvalue weighted by Crippen LogP contribution is -2.04. The molecule has 0 heterocycles. The third-order valence-electron chi connectivity index (χ3n) is 1.29. The minimum absolute atomic E-state index is 0.158. The van der Waals surface area contributed by atoms with Crippen LogP contribution in [0.4, 0.5) is 0 Å². The molecule has 0 saturated heterocycles. The largest absolute Gasteiger partial charge is 0.466 e. The quantitative estimate of drug-likeness (QED) is 0.368. The van der Waals surface area contributed by atoms with Crippen LogP contribution in [0.5, 0.6) is 0 Å². The summed E-state index contributed by atoms with van der Waals surface area (Å²) < 4.78 is 4.87. The van der Waals surface area contributed by atoms with E-state index in [9.17, 15) is 4.79 Å². The third kappa shape index (κ3) is 8.68. The van der Waals surface area contributed by atoms with Gasteiger partial charge in [-0.15, -0.1) is 12.5 Å². The first-order chi connectivity index (χ1) is 6.31. The minimum Gasteiger partial charge on any atom is -0.466 e. The van der Waals surface area contributed by atoms with E-state index in [0.29, 0.717) is 25.9 Å². The Morgan fingerprint density at radius 2 is 2.31 bits per heavy atom. The average molecular weight is 180 g/mol.